The lowest BCUT2D eigenvalue weighted by atomic mass is 10.2. The summed E-state index contributed by atoms with van der Waals surface area (Å²) in [7, 11) is 1.33. The topological polar surface area (TPSA) is 108 Å². The largest absolute Gasteiger partial charge is 0.454 e. The maximum absolute atomic E-state index is 11.5. The van der Waals surface area contributed by atoms with Crippen molar-refractivity contribution in [2.24, 2.45) is 0 Å². The van der Waals surface area contributed by atoms with Crippen LogP contribution < -0.4 is 5.32 Å². The van der Waals surface area contributed by atoms with Crippen LogP contribution >= 0.6 is 0 Å². The first-order valence-electron chi connectivity index (χ1n) is 5.63. The molecule has 0 saturated carbocycles. The highest BCUT2D eigenvalue weighted by molar-refractivity contribution is 5.93. The highest BCUT2D eigenvalue weighted by Crippen LogP contribution is 2.20. The van der Waals surface area contributed by atoms with Crippen molar-refractivity contribution in [3.8, 4) is 0 Å². The van der Waals surface area contributed by atoms with E-state index in [0.29, 0.717) is 11.3 Å². The number of aryl methyl sites for hydroxylation is 1. The van der Waals surface area contributed by atoms with E-state index in [-0.39, 0.29) is 12.3 Å². The zero-order chi connectivity index (χ0) is 15.1. The lowest BCUT2D eigenvalue weighted by Crippen LogP contribution is -2.22. The molecule has 108 valence electrons. The average molecular weight is 282 g/mol. The van der Waals surface area contributed by atoms with Crippen molar-refractivity contribution < 1.29 is 24.0 Å². The number of rotatable bonds is 6. The summed E-state index contributed by atoms with van der Waals surface area (Å²) in [5, 5.41) is 13.1. The minimum absolute atomic E-state index is 0.0629. The fourth-order valence-corrected chi connectivity index (χ4v) is 1.39. The zero-order valence-electron chi connectivity index (χ0n) is 11.0. The Morgan fingerprint density at radius 1 is 1.35 bits per heavy atom. The van der Waals surface area contributed by atoms with Crippen LogP contribution in [0.25, 0.3) is 0 Å². The summed E-state index contributed by atoms with van der Waals surface area (Å²) in [6.45, 7) is 0.946. The molecular weight excluding hydrogens is 268 g/mol. The van der Waals surface area contributed by atoms with Gasteiger partial charge in [-0.1, -0.05) is 0 Å². The second-order valence-corrected chi connectivity index (χ2v) is 3.90. The van der Waals surface area contributed by atoms with Gasteiger partial charge < -0.3 is 14.8 Å². The molecule has 1 aromatic rings. The van der Waals surface area contributed by atoms with Gasteiger partial charge in [0.05, 0.1) is 4.92 Å². The molecule has 0 heterocycles. The molecule has 1 aromatic carbocycles. The van der Waals surface area contributed by atoms with Gasteiger partial charge in [-0.2, -0.15) is 0 Å². The van der Waals surface area contributed by atoms with Crippen molar-refractivity contribution in [3.05, 3.63) is 33.9 Å². The SMILES string of the molecule is COCC(=O)OCC(=O)Nc1ccc([N+](=O)[O-])cc1C. The quantitative estimate of drug-likeness (QED) is 0.474. The van der Waals surface area contributed by atoms with Gasteiger partial charge in [-0.25, -0.2) is 4.79 Å². The lowest BCUT2D eigenvalue weighted by Gasteiger charge is -2.08. The molecule has 1 N–H and O–H groups in total. The molecular formula is C12H14N2O6. The van der Waals surface area contributed by atoms with Gasteiger partial charge in [0.2, 0.25) is 0 Å². The Morgan fingerprint density at radius 2 is 2.05 bits per heavy atom. The van der Waals surface area contributed by atoms with Gasteiger partial charge in [-0.05, 0) is 18.6 Å². The Balaban J connectivity index is 2.58. The Labute approximate surface area is 114 Å². The fourth-order valence-electron chi connectivity index (χ4n) is 1.39. The number of anilines is 1. The van der Waals surface area contributed by atoms with Crippen LogP contribution in [0.5, 0.6) is 0 Å². The smallest absolute Gasteiger partial charge is 0.332 e. The number of non-ortho nitro benzene ring substituents is 1. The number of nitrogens with zero attached hydrogens (tertiary/aromatic N) is 1. The molecule has 8 nitrogen and oxygen atoms in total. The van der Waals surface area contributed by atoms with E-state index in [1.807, 2.05) is 0 Å². The summed E-state index contributed by atoms with van der Waals surface area (Å²) in [4.78, 5) is 32.6. The molecule has 0 aliphatic heterocycles. The molecule has 8 heteroatoms. The molecule has 0 fully saturated rings. The van der Waals surface area contributed by atoms with Crippen LogP contribution in [0.3, 0.4) is 0 Å². The zero-order valence-corrected chi connectivity index (χ0v) is 11.0. The van der Waals surface area contributed by atoms with E-state index >= 15 is 0 Å². The number of carbonyl (C=O) groups is 2. The van der Waals surface area contributed by atoms with E-state index < -0.39 is 23.4 Å². The molecule has 0 saturated heterocycles. The summed E-state index contributed by atoms with van der Waals surface area (Å²) >= 11 is 0. The van der Waals surface area contributed by atoms with Crippen molar-refractivity contribution in [2.75, 3.05) is 25.6 Å². The lowest BCUT2D eigenvalue weighted by molar-refractivity contribution is -0.384. The van der Waals surface area contributed by atoms with Crippen LogP contribution in [0.4, 0.5) is 11.4 Å². The number of carbonyl (C=O) groups excluding carboxylic acids is 2. The van der Waals surface area contributed by atoms with E-state index in [4.69, 9.17) is 0 Å². The molecule has 20 heavy (non-hydrogen) atoms. The van der Waals surface area contributed by atoms with Crippen LogP contribution in [-0.4, -0.2) is 37.1 Å². The number of amides is 1. The first-order valence-corrected chi connectivity index (χ1v) is 5.63. The third-order valence-corrected chi connectivity index (χ3v) is 2.32. The van der Waals surface area contributed by atoms with Gasteiger partial charge in [-0.3, -0.25) is 14.9 Å². The van der Waals surface area contributed by atoms with E-state index in [9.17, 15) is 19.7 Å². The predicted molar refractivity (Wildman–Crippen MR) is 69.3 cm³/mol. The van der Waals surface area contributed by atoms with E-state index in [0.717, 1.165) is 0 Å². The number of hydrogen-bond acceptors (Lipinski definition) is 6. The first kappa shape index (κ1) is 15.6. The maximum Gasteiger partial charge on any atom is 0.332 e. The highest BCUT2D eigenvalue weighted by atomic mass is 16.6. The Kier molecular flexibility index (Phi) is 5.60. The monoisotopic (exact) mass is 282 g/mol. The van der Waals surface area contributed by atoms with Crippen LogP contribution in [0.2, 0.25) is 0 Å². The molecule has 0 aliphatic rings. The number of ether oxygens (including phenoxy) is 2. The van der Waals surface area contributed by atoms with Crippen molar-refractivity contribution >= 4 is 23.3 Å². The maximum atomic E-state index is 11.5. The first-order chi connectivity index (χ1) is 9.43. The molecule has 0 atom stereocenters. The van der Waals surface area contributed by atoms with Crippen LogP contribution in [0, 0.1) is 17.0 Å². The Morgan fingerprint density at radius 3 is 2.60 bits per heavy atom. The van der Waals surface area contributed by atoms with Crippen LogP contribution in [0.1, 0.15) is 5.56 Å². The summed E-state index contributed by atoms with van der Waals surface area (Å²) < 4.78 is 9.17. The van der Waals surface area contributed by atoms with E-state index in [2.05, 4.69) is 14.8 Å². The molecule has 0 spiro atoms. The molecule has 1 amide bonds. The summed E-state index contributed by atoms with van der Waals surface area (Å²) in [6, 6.07) is 4.04. The van der Waals surface area contributed by atoms with Gasteiger partial charge in [-0.15, -0.1) is 0 Å². The Bertz CT molecular complexity index is 529. The van der Waals surface area contributed by atoms with Gasteiger partial charge in [0.15, 0.2) is 6.61 Å². The van der Waals surface area contributed by atoms with Crippen molar-refractivity contribution in [1.29, 1.82) is 0 Å². The minimum atomic E-state index is -0.650. The number of nitro groups is 1. The minimum Gasteiger partial charge on any atom is -0.454 e. The van der Waals surface area contributed by atoms with Crippen molar-refractivity contribution in [3.63, 3.8) is 0 Å². The number of nitro benzene ring substituents is 1. The highest BCUT2D eigenvalue weighted by Gasteiger charge is 2.11. The molecule has 0 bridgehead atoms. The van der Waals surface area contributed by atoms with Crippen LogP contribution in [0.15, 0.2) is 18.2 Å². The molecule has 0 radical (unpaired) electrons. The molecule has 0 aliphatic carbocycles. The summed E-state index contributed by atoms with van der Waals surface area (Å²) in [5.41, 5.74) is 0.895. The number of esters is 1. The third kappa shape index (κ3) is 4.65. The number of benzene rings is 1. The normalized spacial score (nSPS) is 9.90. The molecule has 0 aromatic heterocycles. The molecule has 0 unspecified atom stereocenters. The average Bonchev–Trinajstić information content (AvgIpc) is 2.39. The van der Waals surface area contributed by atoms with Gasteiger partial charge in [0.1, 0.15) is 6.61 Å². The second kappa shape index (κ2) is 7.19. The van der Waals surface area contributed by atoms with Crippen molar-refractivity contribution in [2.45, 2.75) is 6.92 Å². The van der Waals surface area contributed by atoms with Gasteiger partial charge >= 0.3 is 5.97 Å². The number of nitrogens with one attached hydrogen (secondary N) is 1. The standard InChI is InChI=1S/C12H14N2O6/c1-8-5-9(14(17)18)3-4-10(8)13-11(15)6-20-12(16)7-19-2/h3-5H,6-7H2,1-2H3,(H,13,15). The second-order valence-electron chi connectivity index (χ2n) is 3.90. The van der Waals surface area contributed by atoms with Gasteiger partial charge in [0.25, 0.3) is 11.6 Å². The fraction of sp³-hybridized carbons (Fsp3) is 0.333. The predicted octanol–water partition coefficient (Wildman–Crippen LogP) is 1.03. The molecule has 1 rings (SSSR count). The van der Waals surface area contributed by atoms with Gasteiger partial charge in [0, 0.05) is 24.9 Å². The summed E-state index contributed by atoms with van der Waals surface area (Å²) in [5.74, 6) is -1.19. The third-order valence-electron chi connectivity index (χ3n) is 2.32. The van der Waals surface area contributed by atoms with E-state index in [1.165, 1.54) is 25.3 Å². The summed E-state index contributed by atoms with van der Waals surface area (Å²) in [6.07, 6.45) is 0. The number of methoxy groups -OCH3 is 1. The number of hydrogen-bond donors (Lipinski definition) is 1. The van der Waals surface area contributed by atoms with E-state index in [1.54, 1.807) is 6.92 Å². The van der Waals surface area contributed by atoms with Crippen LogP contribution in [-0.2, 0) is 19.1 Å². The van der Waals surface area contributed by atoms with Crippen molar-refractivity contribution in [1.82, 2.24) is 0 Å². The Hall–Kier alpha value is -2.48.